The lowest BCUT2D eigenvalue weighted by molar-refractivity contribution is -0.137. The molecule has 0 N–H and O–H groups in total. The molecule has 0 bridgehead atoms. The molecule has 0 amide bonds. The molecule has 6 nitrogen and oxygen atoms in total. The van der Waals surface area contributed by atoms with E-state index in [1.165, 1.54) is 15.6 Å². The van der Waals surface area contributed by atoms with Crippen LogP contribution in [0.2, 0.25) is 0 Å². The number of sulfonamides is 1. The molecular formula is C16H12F3N3O3S2. The van der Waals surface area contributed by atoms with Crippen LogP contribution in [0.25, 0.3) is 11.4 Å². The van der Waals surface area contributed by atoms with Gasteiger partial charge in [0.1, 0.15) is 0 Å². The van der Waals surface area contributed by atoms with E-state index in [0.29, 0.717) is 11.7 Å². The molecule has 1 fully saturated rings. The maximum Gasteiger partial charge on any atom is 0.416 e. The van der Waals surface area contributed by atoms with Crippen LogP contribution in [0.3, 0.4) is 0 Å². The molecule has 4 rings (SSSR count). The Morgan fingerprint density at radius 2 is 1.85 bits per heavy atom. The highest BCUT2D eigenvalue weighted by Crippen LogP contribution is 2.34. The molecule has 11 heteroatoms. The van der Waals surface area contributed by atoms with Gasteiger partial charge in [0.15, 0.2) is 0 Å². The highest BCUT2D eigenvalue weighted by Gasteiger charge is 2.40. The smallest absolute Gasteiger partial charge is 0.339 e. The van der Waals surface area contributed by atoms with Crippen molar-refractivity contribution in [2.24, 2.45) is 0 Å². The summed E-state index contributed by atoms with van der Waals surface area (Å²) in [6.07, 6.45) is -4.51. The number of halogens is 3. The monoisotopic (exact) mass is 415 g/mol. The maximum absolute atomic E-state index is 12.6. The second-order valence-corrected chi connectivity index (χ2v) is 8.73. The average molecular weight is 415 g/mol. The van der Waals surface area contributed by atoms with Gasteiger partial charge in [-0.15, -0.1) is 0 Å². The SMILES string of the molecule is O=S(=O)(c1ccc(C(F)(F)F)cc1)N1CC(c2nc(-c3ccsc3)no2)C1. The van der Waals surface area contributed by atoms with Crippen molar-refractivity contribution < 1.29 is 26.1 Å². The van der Waals surface area contributed by atoms with Gasteiger partial charge in [-0.1, -0.05) is 5.16 Å². The van der Waals surface area contributed by atoms with Gasteiger partial charge in [-0.2, -0.15) is 33.8 Å². The molecule has 0 unspecified atom stereocenters. The summed E-state index contributed by atoms with van der Waals surface area (Å²) in [6, 6.07) is 5.30. The van der Waals surface area contributed by atoms with E-state index in [1.807, 2.05) is 16.8 Å². The highest BCUT2D eigenvalue weighted by atomic mass is 32.2. The summed E-state index contributed by atoms with van der Waals surface area (Å²) >= 11 is 1.50. The number of benzene rings is 1. The Hall–Kier alpha value is -2.24. The third kappa shape index (κ3) is 3.37. The molecule has 27 heavy (non-hydrogen) atoms. The maximum atomic E-state index is 12.6. The van der Waals surface area contributed by atoms with E-state index >= 15 is 0 Å². The van der Waals surface area contributed by atoms with Gasteiger partial charge in [0.2, 0.25) is 21.7 Å². The first kappa shape index (κ1) is 18.1. The normalized spacial score (nSPS) is 16.4. The van der Waals surface area contributed by atoms with E-state index in [4.69, 9.17) is 4.52 Å². The summed E-state index contributed by atoms with van der Waals surface area (Å²) in [4.78, 5) is 4.10. The largest absolute Gasteiger partial charge is 0.416 e. The van der Waals surface area contributed by atoms with Crippen molar-refractivity contribution in [2.45, 2.75) is 17.0 Å². The standard InChI is InChI=1S/C16H12F3N3O3S2/c17-16(18,19)12-1-3-13(4-2-12)27(23,24)22-7-11(8-22)15-20-14(21-25-15)10-5-6-26-9-10/h1-6,9,11H,7-8H2. The van der Waals surface area contributed by atoms with E-state index in [0.717, 1.165) is 29.8 Å². The number of hydrogen-bond donors (Lipinski definition) is 0. The van der Waals surface area contributed by atoms with Crippen LogP contribution in [0.15, 0.2) is 50.5 Å². The first-order valence-corrected chi connectivity index (χ1v) is 10.2. The van der Waals surface area contributed by atoms with Crippen LogP contribution in [0.1, 0.15) is 17.4 Å². The molecule has 0 aliphatic carbocycles. The fourth-order valence-corrected chi connectivity index (χ4v) is 4.83. The third-order valence-electron chi connectivity index (χ3n) is 4.24. The fraction of sp³-hybridized carbons (Fsp3) is 0.250. The molecule has 142 valence electrons. The molecule has 3 aromatic rings. The molecule has 1 aliphatic rings. The first-order valence-electron chi connectivity index (χ1n) is 7.79. The lowest BCUT2D eigenvalue weighted by atomic mass is 10.0. The van der Waals surface area contributed by atoms with Crippen molar-refractivity contribution >= 4 is 21.4 Å². The van der Waals surface area contributed by atoms with Gasteiger partial charge in [-0.25, -0.2) is 8.42 Å². The summed E-state index contributed by atoms with van der Waals surface area (Å²) in [6.45, 7) is 0.267. The predicted molar refractivity (Wildman–Crippen MR) is 90.6 cm³/mol. The Bertz CT molecular complexity index is 1040. The molecule has 2 aromatic heterocycles. The highest BCUT2D eigenvalue weighted by molar-refractivity contribution is 7.89. The molecule has 1 aromatic carbocycles. The molecule has 0 radical (unpaired) electrons. The minimum absolute atomic E-state index is 0.134. The second-order valence-electron chi connectivity index (χ2n) is 6.01. The van der Waals surface area contributed by atoms with Crippen molar-refractivity contribution in [2.75, 3.05) is 13.1 Å². The minimum atomic E-state index is -4.51. The summed E-state index contributed by atoms with van der Waals surface area (Å²) in [5.41, 5.74) is -0.0710. The summed E-state index contributed by atoms with van der Waals surface area (Å²) in [5.74, 6) is 0.541. The van der Waals surface area contributed by atoms with Crippen molar-refractivity contribution in [3.63, 3.8) is 0 Å². The van der Waals surface area contributed by atoms with E-state index in [1.54, 1.807) is 0 Å². The van der Waals surface area contributed by atoms with Crippen molar-refractivity contribution in [3.05, 3.63) is 52.5 Å². The molecule has 1 aliphatic heterocycles. The van der Waals surface area contributed by atoms with E-state index in [9.17, 15) is 21.6 Å². The topological polar surface area (TPSA) is 76.3 Å². The first-order chi connectivity index (χ1) is 12.7. The van der Waals surface area contributed by atoms with Gasteiger partial charge in [0, 0.05) is 24.0 Å². The molecule has 0 saturated carbocycles. The van der Waals surface area contributed by atoms with Gasteiger partial charge in [-0.3, -0.25) is 0 Å². The van der Waals surface area contributed by atoms with E-state index in [-0.39, 0.29) is 23.9 Å². The van der Waals surface area contributed by atoms with Crippen LogP contribution in [0.4, 0.5) is 13.2 Å². The van der Waals surface area contributed by atoms with Gasteiger partial charge < -0.3 is 4.52 Å². The van der Waals surface area contributed by atoms with Crippen LogP contribution < -0.4 is 0 Å². The zero-order chi connectivity index (χ0) is 19.2. The van der Waals surface area contributed by atoms with Gasteiger partial charge in [0.05, 0.1) is 16.4 Å². The van der Waals surface area contributed by atoms with Crippen LogP contribution in [0.5, 0.6) is 0 Å². The van der Waals surface area contributed by atoms with E-state index < -0.39 is 21.8 Å². The predicted octanol–water partition coefficient (Wildman–Crippen LogP) is 3.61. The number of alkyl halides is 3. The number of rotatable bonds is 4. The Balaban J connectivity index is 1.45. The third-order valence-corrected chi connectivity index (χ3v) is 6.77. The molecule has 1 saturated heterocycles. The van der Waals surface area contributed by atoms with Crippen molar-refractivity contribution in [1.29, 1.82) is 0 Å². The van der Waals surface area contributed by atoms with Crippen LogP contribution in [-0.2, 0) is 16.2 Å². The van der Waals surface area contributed by atoms with Crippen molar-refractivity contribution in [1.82, 2.24) is 14.4 Å². The fourth-order valence-electron chi connectivity index (χ4n) is 2.67. The Labute approximate surface area is 156 Å². The van der Waals surface area contributed by atoms with Crippen LogP contribution in [-0.4, -0.2) is 36.0 Å². The number of nitrogens with zero attached hydrogens (tertiary/aromatic N) is 3. The Kier molecular flexibility index (Phi) is 4.32. The second kappa shape index (κ2) is 6.43. The number of thiophene rings is 1. The number of aromatic nitrogens is 2. The lowest BCUT2D eigenvalue weighted by Crippen LogP contribution is -2.48. The van der Waals surface area contributed by atoms with Gasteiger partial charge >= 0.3 is 6.18 Å². The summed E-state index contributed by atoms with van der Waals surface area (Å²) in [5, 5.41) is 7.64. The zero-order valence-corrected chi connectivity index (χ0v) is 15.2. The average Bonchev–Trinajstić information content (AvgIpc) is 3.24. The minimum Gasteiger partial charge on any atom is -0.339 e. The summed E-state index contributed by atoms with van der Waals surface area (Å²) < 4.78 is 69.3. The van der Waals surface area contributed by atoms with Crippen molar-refractivity contribution in [3.8, 4) is 11.4 Å². The number of hydrogen-bond acceptors (Lipinski definition) is 6. The zero-order valence-electron chi connectivity index (χ0n) is 13.5. The molecule has 0 atom stereocenters. The van der Waals surface area contributed by atoms with E-state index in [2.05, 4.69) is 10.1 Å². The molecule has 0 spiro atoms. The summed E-state index contributed by atoms with van der Waals surface area (Å²) in [7, 11) is -3.86. The van der Waals surface area contributed by atoms with Gasteiger partial charge in [0.25, 0.3) is 0 Å². The lowest BCUT2D eigenvalue weighted by Gasteiger charge is -2.35. The Morgan fingerprint density at radius 3 is 2.44 bits per heavy atom. The molecule has 3 heterocycles. The van der Waals surface area contributed by atoms with Crippen LogP contribution >= 0.6 is 11.3 Å². The van der Waals surface area contributed by atoms with Crippen LogP contribution in [0, 0.1) is 0 Å². The van der Waals surface area contributed by atoms with Gasteiger partial charge in [-0.05, 0) is 35.7 Å². The quantitative estimate of drug-likeness (QED) is 0.651. The molecular weight excluding hydrogens is 403 g/mol. The Morgan fingerprint density at radius 1 is 1.15 bits per heavy atom.